The Kier molecular flexibility index (Phi) is 5.40. The zero-order valence-electron chi connectivity index (χ0n) is 11.5. The van der Waals surface area contributed by atoms with Gasteiger partial charge < -0.3 is 11.1 Å². The number of carbonyl (C=O) groups is 1. The Balaban J connectivity index is 2.36. The van der Waals surface area contributed by atoms with Crippen LogP contribution in [-0.2, 0) is 4.79 Å². The van der Waals surface area contributed by atoms with Gasteiger partial charge in [0.25, 0.3) is 0 Å². The molecule has 1 aliphatic heterocycles. The second-order valence-electron chi connectivity index (χ2n) is 5.17. The minimum absolute atomic E-state index is 0.00598. The van der Waals surface area contributed by atoms with E-state index in [0.29, 0.717) is 25.4 Å². The lowest BCUT2D eigenvalue weighted by Crippen LogP contribution is -2.55. The van der Waals surface area contributed by atoms with Crippen LogP contribution < -0.4 is 11.1 Å². The van der Waals surface area contributed by atoms with Crippen molar-refractivity contribution in [2.75, 3.05) is 19.6 Å². The molecule has 0 aromatic rings. The van der Waals surface area contributed by atoms with Crippen molar-refractivity contribution in [1.82, 2.24) is 10.2 Å². The third-order valence-corrected chi connectivity index (χ3v) is 4.04. The van der Waals surface area contributed by atoms with Gasteiger partial charge in [0.1, 0.15) is 0 Å². The van der Waals surface area contributed by atoms with Gasteiger partial charge in [0.05, 0.1) is 5.54 Å². The molecule has 0 radical (unpaired) electrons. The largest absolute Gasteiger partial charge is 0.353 e. The van der Waals surface area contributed by atoms with Crippen LogP contribution in [0.2, 0.25) is 0 Å². The molecule has 3 N–H and O–H groups in total. The smallest absolute Gasteiger partial charge is 0.240 e. The highest BCUT2D eigenvalue weighted by molar-refractivity contribution is 5.85. The molecule has 1 aliphatic rings. The van der Waals surface area contributed by atoms with Gasteiger partial charge in [0.15, 0.2) is 0 Å². The molecule has 0 bridgehead atoms. The summed E-state index contributed by atoms with van der Waals surface area (Å²) in [7, 11) is 0. The minimum atomic E-state index is -0.690. The topological polar surface area (TPSA) is 58.4 Å². The second-order valence-corrected chi connectivity index (χ2v) is 5.17. The summed E-state index contributed by atoms with van der Waals surface area (Å²) in [5.41, 5.74) is 5.36. The summed E-state index contributed by atoms with van der Waals surface area (Å²) in [5, 5.41) is 3.00. The van der Waals surface area contributed by atoms with Crippen molar-refractivity contribution in [1.29, 1.82) is 0 Å². The highest BCUT2D eigenvalue weighted by Gasteiger charge is 2.30. The van der Waals surface area contributed by atoms with Crippen LogP contribution in [-0.4, -0.2) is 42.0 Å². The predicted molar refractivity (Wildman–Crippen MR) is 70.8 cm³/mol. The van der Waals surface area contributed by atoms with Gasteiger partial charge in [-0.3, -0.25) is 9.69 Å². The van der Waals surface area contributed by atoms with E-state index in [1.807, 2.05) is 13.8 Å². The quantitative estimate of drug-likeness (QED) is 0.732. The normalized spacial score (nSPS) is 19.3. The average molecular weight is 241 g/mol. The standard InChI is InChI=1S/C13H27N3O/c1-4-13(14,5-2)12(17)15-10-11(3)16-8-6-7-9-16/h11H,4-10,14H2,1-3H3,(H,15,17). The summed E-state index contributed by atoms with van der Waals surface area (Å²) in [6, 6.07) is 0.416. The first kappa shape index (κ1) is 14.5. The number of nitrogens with zero attached hydrogens (tertiary/aromatic N) is 1. The molecule has 4 heteroatoms. The summed E-state index contributed by atoms with van der Waals surface area (Å²) in [6.07, 6.45) is 3.94. The molecule has 1 heterocycles. The van der Waals surface area contributed by atoms with Crippen molar-refractivity contribution < 1.29 is 4.79 Å². The van der Waals surface area contributed by atoms with Gasteiger partial charge in [-0.15, -0.1) is 0 Å². The zero-order chi connectivity index (χ0) is 12.9. The van der Waals surface area contributed by atoms with Gasteiger partial charge in [-0.05, 0) is 45.7 Å². The first-order chi connectivity index (χ1) is 8.03. The van der Waals surface area contributed by atoms with Crippen LogP contribution in [0.4, 0.5) is 0 Å². The molecule has 0 spiro atoms. The maximum atomic E-state index is 12.0. The molecule has 0 saturated carbocycles. The monoisotopic (exact) mass is 241 g/mol. The van der Waals surface area contributed by atoms with Crippen molar-refractivity contribution in [3.05, 3.63) is 0 Å². The number of nitrogens with two attached hydrogens (primary N) is 1. The van der Waals surface area contributed by atoms with Crippen molar-refractivity contribution in [3.63, 3.8) is 0 Å². The van der Waals surface area contributed by atoms with Crippen LogP contribution in [0.15, 0.2) is 0 Å². The van der Waals surface area contributed by atoms with Crippen LogP contribution in [0, 0.1) is 0 Å². The van der Waals surface area contributed by atoms with Crippen molar-refractivity contribution >= 4 is 5.91 Å². The molecule has 17 heavy (non-hydrogen) atoms. The van der Waals surface area contributed by atoms with E-state index in [0.717, 1.165) is 13.1 Å². The molecule has 1 amide bonds. The van der Waals surface area contributed by atoms with Gasteiger partial charge >= 0.3 is 0 Å². The SMILES string of the molecule is CCC(N)(CC)C(=O)NCC(C)N1CCCC1. The molecule has 1 saturated heterocycles. The van der Waals surface area contributed by atoms with E-state index in [-0.39, 0.29) is 5.91 Å². The van der Waals surface area contributed by atoms with Crippen molar-refractivity contribution in [2.24, 2.45) is 5.73 Å². The number of rotatable bonds is 6. The lowest BCUT2D eigenvalue weighted by atomic mass is 9.93. The van der Waals surface area contributed by atoms with Crippen LogP contribution in [0.25, 0.3) is 0 Å². The number of hydrogen-bond donors (Lipinski definition) is 2. The van der Waals surface area contributed by atoms with Gasteiger partial charge in [-0.25, -0.2) is 0 Å². The lowest BCUT2D eigenvalue weighted by Gasteiger charge is -2.28. The van der Waals surface area contributed by atoms with E-state index in [9.17, 15) is 4.79 Å². The highest BCUT2D eigenvalue weighted by atomic mass is 16.2. The Hall–Kier alpha value is -0.610. The van der Waals surface area contributed by atoms with Gasteiger partial charge in [-0.1, -0.05) is 13.8 Å². The maximum Gasteiger partial charge on any atom is 0.240 e. The molecule has 0 aliphatic carbocycles. The van der Waals surface area contributed by atoms with E-state index in [1.54, 1.807) is 0 Å². The van der Waals surface area contributed by atoms with E-state index < -0.39 is 5.54 Å². The van der Waals surface area contributed by atoms with Crippen molar-refractivity contribution in [2.45, 2.75) is 58.0 Å². The van der Waals surface area contributed by atoms with Gasteiger partial charge in [0.2, 0.25) is 5.91 Å². The summed E-state index contributed by atoms with van der Waals surface area (Å²) in [6.45, 7) is 9.12. The summed E-state index contributed by atoms with van der Waals surface area (Å²) in [5.74, 6) is -0.00598. The van der Waals surface area contributed by atoms with Crippen LogP contribution in [0.3, 0.4) is 0 Å². The van der Waals surface area contributed by atoms with Crippen molar-refractivity contribution in [3.8, 4) is 0 Å². The molecule has 4 nitrogen and oxygen atoms in total. The van der Waals surface area contributed by atoms with Crippen LogP contribution >= 0.6 is 0 Å². The molecule has 1 atom stereocenters. The zero-order valence-corrected chi connectivity index (χ0v) is 11.5. The number of amides is 1. The van der Waals surface area contributed by atoms with E-state index in [2.05, 4.69) is 17.1 Å². The Morgan fingerprint density at radius 2 is 1.88 bits per heavy atom. The average Bonchev–Trinajstić information content (AvgIpc) is 2.88. The molecule has 1 rings (SSSR count). The molecule has 100 valence electrons. The van der Waals surface area contributed by atoms with Crippen LogP contribution in [0.5, 0.6) is 0 Å². The van der Waals surface area contributed by atoms with E-state index in [4.69, 9.17) is 5.73 Å². The molecule has 1 fully saturated rings. The summed E-state index contributed by atoms with van der Waals surface area (Å²) in [4.78, 5) is 14.4. The minimum Gasteiger partial charge on any atom is -0.353 e. The Morgan fingerprint density at radius 1 is 1.35 bits per heavy atom. The van der Waals surface area contributed by atoms with Crippen LogP contribution in [0.1, 0.15) is 46.5 Å². The molecule has 1 unspecified atom stereocenters. The fourth-order valence-corrected chi connectivity index (χ4v) is 2.30. The number of nitrogens with one attached hydrogen (secondary N) is 1. The van der Waals surface area contributed by atoms with Gasteiger partial charge in [-0.2, -0.15) is 0 Å². The Labute approximate surface area is 105 Å². The first-order valence-corrected chi connectivity index (χ1v) is 6.84. The van der Waals surface area contributed by atoms with E-state index >= 15 is 0 Å². The van der Waals surface area contributed by atoms with E-state index in [1.165, 1.54) is 12.8 Å². The second kappa shape index (κ2) is 6.36. The first-order valence-electron chi connectivity index (χ1n) is 6.84. The fourth-order valence-electron chi connectivity index (χ4n) is 2.30. The fraction of sp³-hybridized carbons (Fsp3) is 0.923. The predicted octanol–water partition coefficient (Wildman–Crippen LogP) is 1.10. The van der Waals surface area contributed by atoms with Gasteiger partial charge in [0, 0.05) is 12.6 Å². The molecular weight excluding hydrogens is 214 g/mol. The third kappa shape index (κ3) is 3.68. The molecular formula is C13H27N3O. The Bertz CT molecular complexity index is 245. The third-order valence-electron chi connectivity index (χ3n) is 4.04. The summed E-state index contributed by atoms with van der Waals surface area (Å²) >= 11 is 0. The summed E-state index contributed by atoms with van der Waals surface area (Å²) < 4.78 is 0. The number of carbonyl (C=O) groups excluding carboxylic acids is 1. The Morgan fingerprint density at radius 3 is 2.35 bits per heavy atom. The number of likely N-dealkylation sites (tertiary alicyclic amines) is 1. The maximum absolute atomic E-state index is 12.0. The highest BCUT2D eigenvalue weighted by Crippen LogP contribution is 2.13. The number of hydrogen-bond acceptors (Lipinski definition) is 3. The lowest BCUT2D eigenvalue weighted by molar-refractivity contribution is -0.126. The molecule has 0 aromatic carbocycles. The molecule has 0 aromatic heterocycles.